The molecular formula is C8H8ClNS. The Bertz CT molecular complexity index is 261. The summed E-state index contributed by atoms with van der Waals surface area (Å²) in [7, 11) is 0. The summed E-state index contributed by atoms with van der Waals surface area (Å²) < 4.78 is 0.822. The highest BCUT2D eigenvalue weighted by molar-refractivity contribution is 7.16. The van der Waals surface area contributed by atoms with Crippen LogP contribution in [0.4, 0.5) is 0 Å². The van der Waals surface area contributed by atoms with E-state index in [-0.39, 0.29) is 0 Å². The lowest BCUT2D eigenvalue weighted by Crippen LogP contribution is -2.11. The quantitative estimate of drug-likeness (QED) is 0.562. The molecule has 1 nitrogen and oxygen atoms in total. The summed E-state index contributed by atoms with van der Waals surface area (Å²) in [5.74, 6) is 2.51. The van der Waals surface area contributed by atoms with E-state index in [0.717, 1.165) is 10.9 Å². The number of hydrogen-bond donors (Lipinski definition) is 1. The Hall–Kier alpha value is -0.490. The van der Waals surface area contributed by atoms with Gasteiger partial charge in [-0.1, -0.05) is 17.5 Å². The molecule has 1 N–H and O–H groups in total. The average molecular weight is 186 g/mol. The van der Waals surface area contributed by atoms with Gasteiger partial charge in [0.25, 0.3) is 0 Å². The highest BCUT2D eigenvalue weighted by Crippen LogP contribution is 2.20. The normalized spacial score (nSPS) is 9.45. The van der Waals surface area contributed by atoms with E-state index >= 15 is 0 Å². The van der Waals surface area contributed by atoms with Gasteiger partial charge in [0.2, 0.25) is 0 Å². The zero-order chi connectivity index (χ0) is 8.10. The van der Waals surface area contributed by atoms with Crippen LogP contribution in [0.2, 0.25) is 4.34 Å². The second-order valence-corrected chi connectivity index (χ2v) is 3.81. The van der Waals surface area contributed by atoms with Crippen molar-refractivity contribution < 1.29 is 0 Å². The molecule has 0 amide bonds. The summed E-state index contributed by atoms with van der Waals surface area (Å²) in [6, 6.07) is 3.88. The molecule has 0 bridgehead atoms. The molecule has 0 radical (unpaired) electrons. The fourth-order valence-corrected chi connectivity index (χ4v) is 1.76. The van der Waals surface area contributed by atoms with E-state index in [1.165, 1.54) is 4.88 Å². The van der Waals surface area contributed by atoms with Crippen LogP contribution in [-0.2, 0) is 6.54 Å². The Balaban J connectivity index is 2.34. The van der Waals surface area contributed by atoms with Gasteiger partial charge in [-0.15, -0.1) is 17.8 Å². The first-order valence-corrected chi connectivity index (χ1v) is 4.41. The minimum Gasteiger partial charge on any atom is -0.301 e. The number of hydrogen-bond acceptors (Lipinski definition) is 2. The van der Waals surface area contributed by atoms with Crippen LogP contribution in [0.3, 0.4) is 0 Å². The van der Waals surface area contributed by atoms with Gasteiger partial charge < -0.3 is 5.32 Å². The van der Waals surface area contributed by atoms with Gasteiger partial charge in [0, 0.05) is 11.4 Å². The van der Waals surface area contributed by atoms with Gasteiger partial charge in [0.05, 0.1) is 10.9 Å². The number of rotatable bonds is 3. The molecule has 1 heterocycles. The molecule has 0 aliphatic carbocycles. The predicted molar refractivity (Wildman–Crippen MR) is 49.9 cm³/mol. The van der Waals surface area contributed by atoms with Crippen LogP contribution in [0.1, 0.15) is 4.88 Å². The lowest BCUT2D eigenvalue weighted by atomic mass is 10.4. The maximum absolute atomic E-state index is 5.72. The first-order valence-electron chi connectivity index (χ1n) is 3.21. The monoisotopic (exact) mass is 185 g/mol. The Morgan fingerprint density at radius 3 is 3.00 bits per heavy atom. The maximum atomic E-state index is 5.72. The van der Waals surface area contributed by atoms with Crippen molar-refractivity contribution in [1.29, 1.82) is 0 Å². The van der Waals surface area contributed by atoms with Gasteiger partial charge in [0.15, 0.2) is 0 Å². The maximum Gasteiger partial charge on any atom is 0.0931 e. The molecule has 0 saturated heterocycles. The molecule has 1 aromatic rings. The lowest BCUT2D eigenvalue weighted by Gasteiger charge is -1.94. The number of thiophene rings is 1. The van der Waals surface area contributed by atoms with E-state index in [1.54, 1.807) is 11.3 Å². The van der Waals surface area contributed by atoms with Crippen molar-refractivity contribution in [1.82, 2.24) is 5.32 Å². The Morgan fingerprint density at radius 2 is 2.45 bits per heavy atom. The minimum atomic E-state index is 0.607. The Kier molecular flexibility index (Phi) is 3.44. The molecule has 1 aromatic heterocycles. The molecule has 0 fully saturated rings. The van der Waals surface area contributed by atoms with Crippen LogP contribution < -0.4 is 5.32 Å². The van der Waals surface area contributed by atoms with Crippen molar-refractivity contribution in [3.63, 3.8) is 0 Å². The zero-order valence-corrected chi connectivity index (χ0v) is 7.50. The summed E-state index contributed by atoms with van der Waals surface area (Å²) in [5, 5.41) is 3.08. The summed E-state index contributed by atoms with van der Waals surface area (Å²) >= 11 is 7.30. The van der Waals surface area contributed by atoms with Crippen molar-refractivity contribution in [3.8, 4) is 12.3 Å². The standard InChI is InChI=1S/C8H8ClNS/c1-2-5-10-6-7-3-4-8(9)11-7/h1,3-4,10H,5-6H2. The lowest BCUT2D eigenvalue weighted by molar-refractivity contribution is 0.781. The fourth-order valence-electron chi connectivity index (χ4n) is 0.705. The van der Waals surface area contributed by atoms with Crippen LogP contribution in [-0.4, -0.2) is 6.54 Å². The van der Waals surface area contributed by atoms with Crippen molar-refractivity contribution in [3.05, 3.63) is 21.3 Å². The van der Waals surface area contributed by atoms with Crippen molar-refractivity contribution in [2.24, 2.45) is 0 Å². The van der Waals surface area contributed by atoms with Crippen molar-refractivity contribution >= 4 is 22.9 Å². The smallest absolute Gasteiger partial charge is 0.0931 e. The summed E-state index contributed by atoms with van der Waals surface area (Å²) in [4.78, 5) is 1.21. The van der Waals surface area contributed by atoms with Crippen LogP contribution in [0.5, 0.6) is 0 Å². The first kappa shape index (κ1) is 8.61. The molecule has 0 unspecified atom stereocenters. The van der Waals surface area contributed by atoms with E-state index in [0.29, 0.717) is 6.54 Å². The van der Waals surface area contributed by atoms with E-state index in [2.05, 4.69) is 11.2 Å². The minimum absolute atomic E-state index is 0.607. The third-order valence-corrected chi connectivity index (χ3v) is 2.39. The van der Waals surface area contributed by atoms with Gasteiger partial charge in [-0.05, 0) is 12.1 Å². The van der Waals surface area contributed by atoms with Crippen LogP contribution in [0, 0.1) is 12.3 Å². The number of halogens is 1. The summed E-state index contributed by atoms with van der Waals surface area (Å²) in [5.41, 5.74) is 0. The molecule has 11 heavy (non-hydrogen) atoms. The third-order valence-electron chi connectivity index (χ3n) is 1.16. The molecular weight excluding hydrogens is 178 g/mol. The molecule has 58 valence electrons. The second kappa shape index (κ2) is 4.40. The molecule has 0 spiro atoms. The van der Waals surface area contributed by atoms with E-state index in [1.807, 2.05) is 12.1 Å². The van der Waals surface area contributed by atoms with E-state index < -0.39 is 0 Å². The zero-order valence-electron chi connectivity index (χ0n) is 5.93. The van der Waals surface area contributed by atoms with Gasteiger partial charge in [-0.25, -0.2) is 0 Å². The highest BCUT2D eigenvalue weighted by atomic mass is 35.5. The topological polar surface area (TPSA) is 12.0 Å². The second-order valence-electron chi connectivity index (χ2n) is 2.01. The van der Waals surface area contributed by atoms with Gasteiger partial charge in [-0.2, -0.15) is 0 Å². The Labute approximate surface area is 75.4 Å². The van der Waals surface area contributed by atoms with E-state index in [9.17, 15) is 0 Å². The third kappa shape index (κ3) is 2.94. The number of terminal acetylenes is 1. The van der Waals surface area contributed by atoms with E-state index in [4.69, 9.17) is 18.0 Å². The summed E-state index contributed by atoms with van der Waals surface area (Å²) in [6.45, 7) is 1.41. The van der Waals surface area contributed by atoms with Crippen LogP contribution in [0.25, 0.3) is 0 Å². The first-order chi connectivity index (χ1) is 5.33. The van der Waals surface area contributed by atoms with Crippen molar-refractivity contribution in [2.75, 3.05) is 6.54 Å². The molecule has 1 rings (SSSR count). The molecule has 0 saturated carbocycles. The van der Waals surface area contributed by atoms with Gasteiger partial charge in [-0.3, -0.25) is 0 Å². The predicted octanol–water partition coefficient (Wildman–Crippen LogP) is 2.12. The largest absolute Gasteiger partial charge is 0.301 e. The Morgan fingerprint density at radius 1 is 1.64 bits per heavy atom. The SMILES string of the molecule is C#CCNCc1ccc(Cl)s1. The average Bonchev–Trinajstić information content (AvgIpc) is 2.37. The van der Waals surface area contributed by atoms with Gasteiger partial charge >= 0.3 is 0 Å². The van der Waals surface area contributed by atoms with Gasteiger partial charge in [0.1, 0.15) is 0 Å². The number of nitrogens with one attached hydrogen (secondary N) is 1. The summed E-state index contributed by atoms with van der Waals surface area (Å²) in [6.07, 6.45) is 5.06. The molecule has 0 aliphatic rings. The molecule has 0 aromatic carbocycles. The molecule has 0 aliphatic heterocycles. The molecule has 3 heteroatoms. The highest BCUT2D eigenvalue weighted by Gasteiger charge is 1.95. The fraction of sp³-hybridized carbons (Fsp3) is 0.250. The van der Waals surface area contributed by atoms with Crippen LogP contribution >= 0.6 is 22.9 Å². The van der Waals surface area contributed by atoms with Crippen LogP contribution in [0.15, 0.2) is 12.1 Å². The molecule has 0 atom stereocenters. The van der Waals surface area contributed by atoms with Crippen molar-refractivity contribution in [2.45, 2.75) is 6.54 Å².